The van der Waals surface area contributed by atoms with Crippen molar-refractivity contribution in [2.45, 2.75) is 44.7 Å². The van der Waals surface area contributed by atoms with E-state index in [1.54, 1.807) is 12.1 Å². The largest absolute Gasteiger partial charge is 0.340 e. The van der Waals surface area contributed by atoms with Gasteiger partial charge in [-0.15, -0.1) is 0 Å². The number of hydrogen-bond acceptors (Lipinski definition) is 4. The van der Waals surface area contributed by atoms with Gasteiger partial charge in [0, 0.05) is 43.8 Å². The molecule has 1 aliphatic heterocycles. The van der Waals surface area contributed by atoms with Gasteiger partial charge in [-0.25, -0.2) is 4.39 Å². The molecule has 6 nitrogen and oxygen atoms in total. The topological polar surface area (TPSA) is 78.7 Å². The molecule has 7 heteroatoms. The minimum absolute atomic E-state index is 0.0500. The maximum absolute atomic E-state index is 13.3. The van der Waals surface area contributed by atoms with E-state index in [0.717, 1.165) is 25.7 Å². The highest BCUT2D eigenvalue weighted by atomic mass is 19.1. The molecule has 3 unspecified atom stereocenters. The number of benzene rings is 1. The Labute approximate surface area is 159 Å². The molecule has 27 heavy (non-hydrogen) atoms. The predicted octanol–water partition coefficient (Wildman–Crippen LogP) is 1.81. The lowest BCUT2D eigenvalue weighted by molar-refractivity contribution is -0.139. The third-order valence-corrected chi connectivity index (χ3v) is 5.71. The summed E-state index contributed by atoms with van der Waals surface area (Å²) >= 11 is 0. The summed E-state index contributed by atoms with van der Waals surface area (Å²) in [4.78, 5) is 29.1. The molecule has 148 valence electrons. The molecule has 2 aliphatic rings. The van der Waals surface area contributed by atoms with Crippen LogP contribution < -0.4 is 11.1 Å². The van der Waals surface area contributed by atoms with E-state index in [1.165, 1.54) is 12.1 Å². The first-order valence-corrected chi connectivity index (χ1v) is 9.79. The van der Waals surface area contributed by atoms with Gasteiger partial charge in [0.1, 0.15) is 5.82 Å². The van der Waals surface area contributed by atoms with Crippen LogP contribution in [-0.2, 0) is 9.59 Å². The van der Waals surface area contributed by atoms with Crippen LogP contribution in [0.1, 0.15) is 32.6 Å². The molecule has 1 aliphatic carbocycles. The second kappa shape index (κ2) is 8.80. The van der Waals surface area contributed by atoms with Gasteiger partial charge in [-0.3, -0.25) is 14.5 Å². The van der Waals surface area contributed by atoms with Gasteiger partial charge in [0.05, 0.1) is 6.04 Å². The van der Waals surface area contributed by atoms with Crippen molar-refractivity contribution in [1.82, 2.24) is 9.80 Å². The van der Waals surface area contributed by atoms with Gasteiger partial charge in [0.25, 0.3) is 0 Å². The number of nitrogens with zero attached hydrogens (tertiary/aromatic N) is 2. The summed E-state index contributed by atoms with van der Waals surface area (Å²) < 4.78 is 13.3. The minimum atomic E-state index is -0.380. The summed E-state index contributed by atoms with van der Waals surface area (Å²) in [7, 11) is 0. The molecule has 1 saturated carbocycles. The Hall–Kier alpha value is -1.99. The van der Waals surface area contributed by atoms with Crippen LogP contribution in [0.4, 0.5) is 10.1 Å². The molecule has 0 aromatic heterocycles. The van der Waals surface area contributed by atoms with Crippen molar-refractivity contribution in [3.63, 3.8) is 0 Å². The molecule has 1 aromatic rings. The van der Waals surface area contributed by atoms with Crippen LogP contribution in [0.25, 0.3) is 0 Å². The van der Waals surface area contributed by atoms with Crippen LogP contribution in [0.5, 0.6) is 0 Å². The average molecular weight is 376 g/mol. The highest BCUT2D eigenvalue weighted by molar-refractivity contribution is 5.94. The van der Waals surface area contributed by atoms with E-state index < -0.39 is 0 Å². The molecule has 3 N–H and O–H groups in total. The van der Waals surface area contributed by atoms with Crippen molar-refractivity contribution in [3.8, 4) is 0 Å². The smallest absolute Gasteiger partial charge is 0.241 e. The van der Waals surface area contributed by atoms with E-state index in [-0.39, 0.29) is 35.6 Å². The Morgan fingerprint density at radius 1 is 1.22 bits per heavy atom. The fourth-order valence-electron chi connectivity index (χ4n) is 4.02. The highest BCUT2D eigenvalue weighted by Crippen LogP contribution is 2.25. The maximum atomic E-state index is 13.3. The monoisotopic (exact) mass is 376 g/mol. The number of carbonyl (C=O) groups excluding carboxylic acids is 2. The first kappa shape index (κ1) is 19.8. The van der Waals surface area contributed by atoms with Crippen molar-refractivity contribution in [3.05, 3.63) is 30.1 Å². The number of nitrogens with one attached hydrogen (secondary N) is 1. The van der Waals surface area contributed by atoms with Gasteiger partial charge < -0.3 is 16.0 Å². The first-order chi connectivity index (χ1) is 12.9. The third kappa shape index (κ3) is 5.05. The molecule has 1 aromatic carbocycles. The number of anilines is 1. The zero-order valence-corrected chi connectivity index (χ0v) is 15.9. The predicted molar refractivity (Wildman–Crippen MR) is 103 cm³/mol. The molecule has 1 saturated heterocycles. The standard InChI is InChI=1S/C20H29FN4O2/c1-14(19(26)23-18-7-3-5-16(21)13-18)24-8-10-25(11-9-24)20(27)15-4-2-6-17(22)12-15/h3,5,7,13-15,17H,2,4,6,8-12,22H2,1H3,(H,23,26). The van der Waals surface area contributed by atoms with E-state index in [0.29, 0.717) is 31.9 Å². The quantitative estimate of drug-likeness (QED) is 0.840. The summed E-state index contributed by atoms with van der Waals surface area (Å²) in [6.45, 7) is 4.40. The third-order valence-electron chi connectivity index (χ3n) is 5.71. The van der Waals surface area contributed by atoms with E-state index >= 15 is 0 Å². The number of hydrogen-bond donors (Lipinski definition) is 2. The number of carbonyl (C=O) groups is 2. The molecule has 3 rings (SSSR count). The Morgan fingerprint density at radius 3 is 2.63 bits per heavy atom. The molecule has 2 fully saturated rings. The van der Waals surface area contributed by atoms with Crippen molar-refractivity contribution < 1.29 is 14.0 Å². The average Bonchev–Trinajstić information content (AvgIpc) is 2.67. The molecule has 0 radical (unpaired) electrons. The van der Waals surface area contributed by atoms with Gasteiger partial charge in [-0.1, -0.05) is 12.5 Å². The van der Waals surface area contributed by atoms with Gasteiger partial charge in [-0.05, 0) is 44.4 Å². The molecule has 0 spiro atoms. The van der Waals surface area contributed by atoms with Crippen molar-refractivity contribution in [2.24, 2.45) is 11.7 Å². The summed E-state index contributed by atoms with van der Waals surface area (Å²) in [5.41, 5.74) is 6.47. The van der Waals surface area contributed by atoms with Gasteiger partial charge >= 0.3 is 0 Å². The fourth-order valence-corrected chi connectivity index (χ4v) is 4.02. The molecular weight excluding hydrogens is 347 g/mol. The lowest BCUT2D eigenvalue weighted by Crippen LogP contribution is -2.55. The normalized spacial score (nSPS) is 25.1. The van der Waals surface area contributed by atoms with Crippen LogP contribution in [0.15, 0.2) is 24.3 Å². The summed E-state index contributed by atoms with van der Waals surface area (Å²) in [6.07, 6.45) is 3.75. The zero-order valence-electron chi connectivity index (χ0n) is 15.9. The number of piperazine rings is 1. The fraction of sp³-hybridized carbons (Fsp3) is 0.600. The van der Waals surface area contributed by atoms with Crippen molar-refractivity contribution in [2.75, 3.05) is 31.5 Å². The number of rotatable bonds is 4. The van der Waals surface area contributed by atoms with Gasteiger partial charge in [0.2, 0.25) is 11.8 Å². The van der Waals surface area contributed by atoms with Crippen LogP contribution in [0.2, 0.25) is 0 Å². The zero-order chi connectivity index (χ0) is 19.4. The summed E-state index contributed by atoms with van der Waals surface area (Å²) in [6, 6.07) is 5.68. The lowest BCUT2D eigenvalue weighted by Gasteiger charge is -2.39. The van der Waals surface area contributed by atoms with Crippen molar-refractivity contribution >= 4 is 17.5 Å². The second-order valence-corrected chi connectivity index (χ2v) is 7.66. The Morgan fingerprint density at radius 2 is 1.96 bits per heavy atom. The van der Waals surface area contributed by atoms with Crippen LogP contribution in [0, 0.1) is 11.7 Å². The van der Waals surface area contributed by atoms with Crippen LogP contribution >= 0.6 is 0 Å². The lowest BCUT2D eigenvalue weighted by atomic mass is 9.85. The Bertz CT molecular complexity index is 676. The summed E-state index contributed by atoms with van der Waals surface area (Å²) in [5, 5.41) is 2.76. The SMILES string of the molecule is CC(C(=O)Nc1cccc(F)c1)N1CCN(C(=O)C2CCCC(N)C2)CC1. The Balaban J connectivity index is 1.49. The second-order valence-electron chi connectivity index (χ2n) is 7.66. The highest BCUT2D eigenvalue weighted by Gasteiger charge is 2.32. The van der Waals surface area contributed by atoms with E-state index in [9.17, 15) is 14.0 Å². The van der Waals surface area contributed by atoms with Crippen LogP contribution in [-0.4, -0.2) is 59.9 Å². The molecule has 3 atom stereocenters. The maximum Gasteiger partial charge on any atom is 0.241 e. The van der Waals surface area contributed by atoms with E-state index in [4.69, 9.17) is 5.73 Å². The number of halogens is 1. The molecule has 0 bridgehead atoms. The first-order valence-electron chi connectivity index (χ1n) is 9.79. The molecule has 1 heterocycles. The number of nitrogens with two attached hydrogens (primary N) is 1. The van der Waals surface area contributed by atoms with Crippen molar-refractivity contribution in [1.29, 1.82) is 0 Å². The summed E-state index contributed by atoms with van der Waals surface area (Å²) in [5.74, 6) is -0.288. The van der Waals surface area contributed by atoms with E-state index in [2.05, 4.69) is 10.2 Å². The van der Waals surface area contributed by atoms with Gasteiger partial charge in [-0.2, -0.15) is 0 Å². The van der Waals surface area contributed by atoms with Crippen LogP contribution in [0.3, 0.4) is 0 Å². The number of amides is 2. The molecular formula is C20H29FN4O2. The van der Waals surface area contributed by atoms with E-state index in [1.807, 2.05) is 11.8 Å². The minimum Gasteiger partial charge on any atom is -0.340 e. The Kier molecular flexibility index (Phi) is 6.44. The van der Waals surface area contributed by atoms with Gasteiger partial charge in [0.15, 0.2) is 0 Å². The molecule has 2 amide bonds.